The fourth-order valence-electron chi connectivity index (χ4n) is 2.93. The first-order valence-corrected chi connectivity index (χ1v) is 8.83. The summed E-state index contributed by atoms with van der Waals surface area (Å²) in [6.07, 6.45) is 0.636. The van der Waals surface area contributed by atoms with Crippen molar-refractivity contribution >= 4 is 21.6 Å². The van der Waals surface area contributed by atoms with Crippen LogP contribution >= 0.6 is 11.6 Å². The molecule has 0 saturated carbocycles. The van der Waals surface area contributed by atoms with E-state index in [9.17, 15) is 8.42 Å². The van der Waals surface area contributed by atoms with Gasteiger partial charge < -0.3 is 14.2 Å². The van der Waals surface area contributed by atoms with E-state index in [2.05, 4.69) is 0 Å². The first kappa shape index (κ1) is 16.0. The second-order valence-corrected chi connectivity index (χ2v) is 7.72. The van der Waals surface area contributed by atoms with Crippen LogP contribution in [-0.2, 0) is 19.5 Å². The molecule has 2 aliphatic rings. The van der Waals surface area contributed by atoms with Crippen molar-refractivity contribution in [3.63, 3.8) is 0 Å². The van der Waals surface area contributed by atoms with Crippen LogP contribution in [0, 0.1) is 0 Å². The molecule has 0 amide bonds. The van der Waals surface area contributed by atoms with Gasteiger partial charge in [-0.05, 0) is 18.6 Å². The fraction of sp³-hybridized carbons (Fsp3) is 0.571. The number of ether oxygens (including phenoxy) is 3. The van der Waals surface area contributed by atoms with E-state index in [1.165, 1.54) is 29.6 Å². The Balaban J connectivity index is 2.01. The van der Waals surface area contributed by atoms with Gasteiger partial charge in [-0.1, -0.05) is 11.6 Å². The quantitative estimate of drug-likeness (QED) is 0.829. The second-order valence-electron chi connectivity index (χ2n) is 5.45. The van der Waals surface area contributed by atoms with E-state index in [4.69, 9.17) is 25.8 Å². The monoisotopic (exact) mass is 347 g/mol. The van der Waals surface area contributed by atoms with E-state index in [1.807, 2.05) is 0 Å². The maximum Gasteiger partial charge on any atom is 0.243 e. The van der Waals surface area contributed by atoms with E-state index in [-0.39, 0.29) is 4.90 Å². The van der Waals surface area contributed by atoms with Gasteiger partial charge in [0.1, 0.15) is 5.75 Å². The Kier molecular flexibility index (Phi) is 4.35. The van der Waals surface area contributed by atoms with E-state index < -0.39 is 15.6 Å². The number of benzene rings is 1. The fourth-order valence-corrected chi connectivity index (χ4v) is 4.90. The van der Waals surface area contributed by atoms with Crippen LogP contribution in [0.15, 0.2) is 23.1 Å². The van der Waals surface area contributed by atoms with Crippen LogP contribution in [0.2, 0.25) is 5.02 Å². The summed E-state index contributed by atoms with van der Waals surface area (Å²) < 4.78 is 43.7. The lowest BCUT2D eigenvalue weighted by atomic mass is 9.99. The number of rotatable bonds is 3. The van der Waals surface area contributed by atoms with Crippen LogP contribution in [0.3, 0.4) is 0 Å². The predicted octanol–water partition coefficient (Wildman–Crippen LogP) is 1.53. The molecule has 1 aromatic rings. The summed E-state index contributed by atoms with van der Waals surface area (Å²) in [5.41, 5.74) is -0.607. The summed E-state index contributed by atoms with van der Waals surface area (Å²) >= 11 is 5.98. The molecule has 0 N–H and O–H groups in total. The molecule has 6 nitrogen and oxygen atoms in total. The van der Waals surface area contributed by atoms with E-state index in [0.29, 0.717) is 50.2 Å². The highest BCUT2D eigenvalue weighted by Gasteiger charge is 2.49. The maximum atomic E-state index is 13.0. The van der Waals surface area contributed by atoms with Gasteiger partial charge in [-0.15, -0.1) is 0 Å². The molecule has 3 rings (SSSR count). The molecular weight excluding hydrogens is 330 g/mol. The Bertz CT molecular complexity index is 657. The van der Waals surface area contributed by atoms with E-state index >= 15 is 0 Å². The molecule has 8 heteroatoms. The van der Waals surface area contributed by atoms with E-state index in [0.717, 1.165) is 0 Å². The molecule has 2 saturated heterocycles. The molecule has 1 aromatic carbocycles. The lowest BCUT2D eigenvalue weighted by Crippen LogP contribution is -2.59. The number of hydrogen-bond acceptors (Lipinski definition) is 5. The highest BCUT2D eigenvalue weighted by molar-refractivity contribution is 7.89. The van der Waals surface area contributed by atoms with Gasteiger partial charge in [0, 0.05) is 19.2 Å². The molecule has 2 heterocycles. The minimum Gasteiger partial charge on any atom is -0.495 e. The van der Waals surface area contributed by atoms with Gasteiger partial charge in [-0.25, -0.2) is 8.42 Å². The third-order valence-electron chi connectivity index (χ3n) is 4.13. The van der Waals surface area contributed by atoms with Crippen LogP contribution in [0.5, 0.6) is 5.75 Å². The van der Waals surface area contributed by atoms with Gasteiger partial charge in [-0.3, -0.25) is 0 Å². The van der Waals surface area contributed by atoms with Crippen molar-refractivity contribution < 1.29 is 22.6 Å². The highest BCUT2D eigenvalue weighted by Crippen LogP contribution is 2.36. The number of halogens is 1. The molecule has 122 valence electrons. The van der Waals surface area contributed by atoms with Crippen LogP contribution < -0.4 is 4.74 Å². The van der Waals surface area contributed by atoms with Crippen LogP contribution in [0.1, 0.15) is 6.42 Å². The van der Waals surface area contributed by atoms with E-state index in [1.54, 1.807) is 0 Å². The van der Waals surface area contributed by atoms with Gasteiger partial charge in [0.05, 0.1) is 42.4 Å². The molecular formula is C14H18ClNO5S. The van der Waals surface area contributed by atoms with Gasteiger partial charge in [0.25, 0.3) is 0 Å². The SMILES string of the molecule is COc1cc(S(=O)(=O)N2CCOCC23CCOC3)ccc1Cl. The Hall–Kier alpha value is -0.860. The van der Waals surface area contributed by atoms with Crippen molar-refractivity contribution in [2.75, 3.05) is 40.1 Å². The van der Waals surface area contributed by atoms with Gasteiger partial charge in [-0.2, -0.15) is 4.31 Å². The Morgan fingerprint density at radius 3 is 2.64 bits per heavy atom. The molecule has 0 radical (unpaired) electrons. The van der Waals surface area contributed by atoms with Crippen molar-refractivity contribution in [3.8, 4) is 5.75 Å². The van der Waals surface area contributed by atoms with Crippen molar-refractivity contribution in [1.82, 2.24) is 4.31 Å². The number of morpholine rings is 1. The Labute approximate surface area is 135 Å². The second kappa shape index (κ2) is 5.98. The highest BCUT2D eigenvalue weighted by atomic mass is 35.5. The van der Waals surface area contributed by atoms with Gasteiger partial charge in [0.2, 0.25) is 10.0 Å². The topological polar surface area (TPSA) is 65.1 Å². The lowest BCUT2D eigenvalue weighted by molar-refractivity contribution is -0.0293. The van der Waals surface area contributed by atoms with Crippen LogP contribution in [0.25, 0.3) is 0 Å². The summed E-state index contributed by atoms with van der Waals surface area (Å²) in [5.74, 6) is 0.340. The van der Waals surface area contributed by atoms with Crippen molar-refractivity contribution in [1.29, 1.82) is 0 Å². The first-order chi connectivity index (χ1) is 10.5. The molecule has 2 fully saturated rings. The summed E-state index contributed by atoms with van der Waals surface area (Å²) in [6.45, 7) is 1.95. The summed E-state index contributed by atoms with van der Waals surface area (Å²) in [4.78, 5) is 0.168. The predicted molar refractivity (Wildman–Crippen MR) is 80.9 cm³/mol. The molecule has 1 spiro atoms. The maximum absolute atomic E-state index is 13.0. The zero-order valence-electron chi connectivity index (χ0n) is 12.2. The van der Waals surface area contributed by atoms with Crippen molar-refractivity contribution in [2.45, 2.75) is 16.9 Å². The Morgan fingerprint density at radius 1 is 1.27 bits per heavy atom. The molecule has 1 atom stereocenters. The van der Waals surface area contributed by atoms with Crippen molar-refractivity contribution in [2.24, 2.45) is 0 Å². The number of methoxy groups -OCH3 is 1. The van der Waals surface area contributed by atoms with Crippen LogP contribution in [0.4, 0.5) is 0 Å². The standard InChI is InChI=1S/C14H18ClNO5S/c1-19-13-8-11(2-3-12(13)15)22(17,18)16-5-7-21-10-14(16)4-6-20-9-14/h2-3,8H,4-7,9-10H2,1H3. The normalized spacial score (nSPS) is 26.5. The zero-order chi connectivity index (χ0) is 15.8. The first-order valence-electron chi connectivity index (χ1n) is 7.01. The summed E-state index contributed by atoms with van der Waals surface area (Å²) in [7, 11) is -2.21. The van der Waals surface area contributed by atoms with Gasteiger partial charge >= 0.3 is 0 Å². The minimum atomic E-state index is -3.67. The summed E-state index contributed by atoms with van der Waals surface area (Å²) in [5, 5.41) is 0.377. The molecule has 2 aliphatic heterocycles. The molecule has 0 aliphatic carbocycles. The third kappa shape index (κ3) is 2.61. The molecule has 0 aromatic heterocycles. The average Bonchev–Trinajstić information content (AvgIpc) is 2.96. The minimum absolute atomic E-state index is 0.168. The smallest absolute Gasteiger partial charge is 0.243 e. The average molecular weight is 348 g/mol. The number of sulfonamides is 1. The molecule has 0 bridgehead atoms. The third-order valence-corrected chi connectivity index (χ3v) is 6.44. The summed E-state index contributed by atoms with van der Waals surface area (Å²) in [6, 6.07) is 4.49. The lowest BCUT2D eigenvalue weighted by Gasteiger charge is -2.42. The number of nitrogens with zero attached hydrogens (tertiary/aromatic N) is 1. The Morgan fingerprint density at radius 2 is 2.00 bits per heavy atom. The largest absolute Gasteiger partial charge is 0.495 e. The zero-order valence-corrected chi connectivity index (χ0v) is 13.8. The van der Waals surface area contributed by atoms with Crippen LogP contribution in [-0.4, -0.2) is 58.3 Å². The van der Waals surface area contributed by atoms with Crippen molar-refractivity contribution in [3.05, 3.63) is 23.2 Å². The molecule has 22 heavy (non-hydrogen) atoms. The molecule has 1 unspecified atom stereocenters. The number of hydrogen-bond donors (Lipinski definition) is 0. The van der Waals surface area contributed by atoms with Gasteiger partial charge in [0.15, 0.2) is 0 Å².